The van der Waals surface area contributed by atoms with Crippen molar-refractivity contribution in [3.63, 3.8) is 0 Å². The lowest BCUT2D eigenvalue weighted by Crippen LogP contribution is -2.43. The molecule has 0 spiro atoms. The molecule has 8 nitrogen and oxygen atoms in total. The summed E-state index contributed by atoms with van der Waals surface area (Å²) in [5.74, 6) is 1.41. The Labute approximate surface area is 242 Å². The number of benzene rings is 3. The maximum Gasteiger partial charge on any atom is 0.324 e. The summed E-state index contributed by atoms with van der Waals surface area (Å²) in [6.07, 6.45) is 1.33. The second-order valence-corrected chi connectivity index (χ2v) is 11.7. The number of anilines is 2. The summed E-state index contributed by atoms with van der Waals surface area (Å²) in [4.78, 5) is 15.7. The monoisotopic (exact) mass is 555 g/mol. The fourth-order valence-electron chi connectivity index (χ4n) is 5.01. The summed E-state index contributed by atoms with van der Waals surface area (Å²) in [5, 5.41) is 12.8. The van der Waals surface area contributed by atoms with Gasteiger partial charge in [-0.25, -0.2) is 9.48 Å². The van der Waals surface area contributed by atoms with E-state index >= 15 is 0 Å². The van der Waals surface area contributed by atoms with E-state index in [9.17, 15) is 4.79 Å². The van der Waals surface area contributed by atoms with E-state index in [2.05, 4.69) is 43.2 Å². The number of aryl methyl sites for hydroxylation is 1. The molecule has 4 aromatic rings. The van der Waals surface area contributed by atoms with Crippen molar-refractivity contribution in [2.75, 3.05) is 43.5 Å². The van der Waals surface area contributed by atoms with Crippen molar-refractivity contribution in [1.82, 2.24) is 14.7 Å². The van der Waals surface area contributed by atoms with Crippen LogP contribution in [-0.4, -0.2) is 59.7 Å². The van der Waals surface area contributed by atoms with Crippen LogP contribution in [0.5, 0.6) is 5.75 Å². The average molecular weight is 556 g/mol. The van der Waals surface area contributed by atoms with Gasteiger partial charge in [0.05, 0.1) is 29.8 Å². The molecule has 216 valence electrons. The minimum Gasteiger partial charge on any atom is -0.492 e. The van der Waals surface area contributed by atoms with E-state index in [1.807, 2.05) is 73.7 Å². The predicted octanol–water partition coefficient (Wildman–Crippen LogP) is 6.77. The van der Waals surface area contributed by atoms with E-state index in [-0.39, 0.29) is 11.4 Å². The summed E-state index contributed by atoms with van der Waals surface area (Å²) in [5.41, 5.74) is 3.48. The molecule has 41 heavy (non-hydrogen) atoms. The van der Waals surface area contributed by atoms with Gasteiger partial charge in [0.2, 0.25) is 0 Å². The summed E-state index contributed by atoms with van der Waals surface area (Å²) >= 11 is 0. The third kappa shape index (κ3) is 6.89. The molecular formula is C33H41N5O3. The molecule has 3 aromatic carbocycles. The summed E-state index contributed by atoms with van der Waals surface area (Å²) in [6, 6.07) is 21.5. The number of nitrogens with zero attached hydrogens (tertiary/aromatic N) is 3. The van der Waals surface area contributed by atoms with Gasteiger partial charge in [0.1, 0.15) is 18.2 Å². The molecule has 1 unspecified atom stereocenters. The molecule has 1 fully saturated rings. The first-order valence-electron chi connectivity index (χ1n) is 14.5. The van der Waals surface area contributed by atoms with Crippen LogP contribution in [0.15, 0.2) is 66.7 Å². The molecule has 0 aliphatic carbocycles. The van der Waals surface area contributed by atoms with Gasteiger partial charge in [0, 0.05) is 41.9 Å². The van der Waals surface area contributed by atoms with Crippen molar-refractivity contribution in [1.29, 1.82) is 0 Å². The highest BCUT2D eigenvalue weighted by Crippen LogP contribution is 2.32. The lowest BCUT2D eigenvalue weighted by Gasteiger charge is -2.32. The van der Waals surface area contributed by atoms with Crippen LogP contribution in [0.4, 0.5) is 16.3 Å². The van der Waals surface area contributed by atoms with Crippen LogP contribution >= 0.6 is 0 Å². The third-order valence-electron chi connectivity index (χ3n) is 7.47. The van der Waals surface area contributed by atoms with Crippen LogP contribution < -0.4 is 15.4 Å². The largest absolute Gasteiger partial charge is 0.492 e. The number of ether oxygens (including phenoxy) is 2. The molecule has 2 heterocycles. The van der Waals surface area contributed by atoms with Gasteiger partial charge >= 0.3 is 6.03 Å². The van der Waals surface area contributed by atoms with E-state index in [0.717, 1.165) is 66.1 Å². The molecule has 8 heteroatoms. The number of hydrogen-bond donors (Lipinski definition) is 2. The molecule has 1 aliphatic rings. The predicted molar refractivity (Wildman–Crippen MR) is 166 cm³/mol. The van der Waals surface area contributed by atoms with Crippen molar-refractivity contribution in [3.05, 3.63) is 78.0 Å². The average Bonchev–Trinajstić information content (AvgIpc) is 3.39. The highest BCUT2D eigenvalue weighted by atomic mass is 16.5. The number of carbonyl (C=O) groups excluding carboxylic acids is 1. The second-order valence-electron chi connectivity index (χ2n) is 11.7. The van der Waals surface area contributed by atoms with Gasteiger partial charge in [0.25, 0.3) is 0 Å². The van der Waals surface area contributed by atoms with Crippen molar-refractivity contribution in [3.8, 4) is 11.4 Å². The van der Waals surface area contributed by atoms with Crippen molar-refractivity contribution < 1.29 is 14.3 Å². The van der Waals surface area contributed by atoms with Crippen LogP contribution in [0, 0.1) is 6.92 Å². The first-order chi connectivity index (χ1) is 19.7. The van der Waals surface area contributed by atoms with E-state index in [4.69, 9.17) is 14.6 Å². The van der Waals surface area contributed by atoms with Gasteiger partial charge < -0.3 is 14.8 Å². The summed E-state index contributed by atoms with van der Waals surface area (Å²) in [6.45, 7) is 14.6. The van der Waals surface area contributed by atoms with Crippen molar-refractivity contribution >= 4 is 28.3 Å². The molecule has 0 saturated carbocycles. The minimum absolute atomic E-state index is 0.172. The number of morpholine rings is 1. The Bertz CT molecular complexity index is 1490. The van der Waals surface area contributed by atoms with Gasteiger partial charge in [-0.3, -0.25) is 10.2 Å². The zero-order chi connectivity index (χ0) is 29.0. The van der Waals surface area contributed by atoms with Gasteiger partial charge in [-0.05, 0) is 37.6 Å². The first kappa shape index (κ1) is 28.6. The molecular weight excluding hydrogens is 514 g/mol. The fraction of sp³-hybridized carbons (Fsp3) is 0.394. The number of rotatable bonds is 8. The first-order valence-corrected chi connectivity index (χ1v) is 14.5. The number of urea groups is 1. The van der Waals surface area contributed by atoms with E-state index in [0.29, 0.717) is 24.2 Å². The highest BCUT2D eigenvalue weighted by Gasteiger charge is 2.22. The Balaban J connectivity index is 1.31. The Hall–Kier alpha value is -3.88. The fourth-order valence-corrected chi connectivity index (χ4v) is 5.01. The molecule has 2 N–H and O–H groups in total. The van der Waals surface area contributed by atoms with Gasteiger partial charge in [-0.15, -0.1) is 0 Å². The van der Waals surface area contributed by atoms with Crippen LogP contribution in [0.3, 0.4) is 0 Å². The normalized spacial score (nSPS) is 16.1. The lowest BCUT2D eigenvalue weighted by molar-refractivity contribution is -0.0324. The topological polar surface area (TPSA) is 80.7 Å². The van der Waals surface area contributed by atoms with E-state index < -0.39 is 0 Å². The highest BCUT2D eigenvalue weighted by molar-refractivity contribution is 6.07. The summed E-state index contributed by atoms with van der Waals surface area (Å²) in [7, 11) is 0. The maximum absolute atomic E-state index is 13.3. The standard InChI is InChI=1S/C33H41N5O3/c1-6-25-22-37(17-19-40-25)18-20-41-29-16-15-28(26-9-7-8-10-27(26)29)34-32(39)35-31-21-30(33(3,4)5)36-38(31)24-13-11-23(2)12-14-24/h7-16,21,25H,6,17-20,22H2,1-5H3,(H2,34,35,39). The number of hydrogen-bond acceptors (Lipinski definition) is 5. The van der Waals surface area contributed by atoms with Gasteiger partial charge in [-0.2, -0.15) is 5.10 Å². The van der Waals surface area contributed by atoms with E-state index in [1.165, 1.54) is 0 Å². The molecule has 1 saturated heterocycles. The lowest BCUT2D eigenvalue weighted by atomic mass is 9.92. The van der Waals surface area contributed by atoms with Crippen LogP contribution in [-0.2, 0) is 10.2 Å². The zero-order valence-corrected chi connectivity index (χ0v) is 24.7. The Kier molecular flexibility index (Phi) is 8.61. The Morgan fingerprint density at radius 3 is 2.54 bits per heavy atom. The van der Waals surface area contributed by atoms with Crippen LogP contribution in [0.1, 0.15) is 45.4 Å². The molecule has 1 atom stereocenters. The van der Waals surface area contributed by atoms with Crippen LogP contribution in [0.25, 0.3) is 16.5 Å². The van der Waals surface area contributed by atoms with Gasteiger partial charge in [-0.1, -0.05) is 69.7 Å². The quantitative estimate of drug-likeness (QED) is 0.251. The van der Waals surface area contributed by atoms with E-state index in [1.54, 1.807) is 4.68 Å². The molecule has 0 bridgehead atoms. The zero-order valence-electron chi connectivity index (χ0n) is 24.7. The number of nitrogens with one attached hydrogen (secondary N) is 2. The second kappa shape index (κ2) is 12.3. The molecule has 1 aliphatic heterocycles. The maximum atomic E-state index is 13.3. The molecule has 0 radical (unpaired) electrons. The minimum atomic E-state index is -0.338. The van der Waals surface area contributed by atoms with Crippen LogP contribution in [0.2, 0.25) is 0 Å². The number of fused-ring (bicyclic) bond motifs is 1. The number of amides is 2. The number of aromatic nitrogens is 2. The molecule has 5 rings (SSSR count). The number of carbonyl (C=O) groups is 1. The Morgan fingerprint density at radius 1 is 1.05 bits per heavy atom. The van der Waals surface area contributed by atoms with Crippen molar-refractivity contribution in [2.45, 2.75) is 52.6 Å². The molecule has 2 amide bonds. The smallest absolute Gasteiger partial charge is 0.324 e. The summed E-state index contributed by atoms with van der Waals surface area (Å²) < 4.78 is 13.8. The third-order valence-corrected chi connectivity index (χ3v) is 7.47. The Morgan fingerprint density at radius 2 is 1.80 bits per heavy atom. The molecule has 1 aromatic heterocycles. The van der Waals surface area contributed by atoms with Gasteiger partial charge in [0.15, 0.2) is 0 Å². The SMILES string of the molecule is CCC1CN(CCOc2ccc(NC(=O)Nc3cc(C(C)(C)C)nn3-c3ccc(C)cc3)c3ccccc23)CCO1. The van der Waals surface area contributed by atoms with Crippen molar-refractivity contribution in [2.24, 2.45) is 0 Å².